The van der Waals surface area contributed by atoms with E-state index in [1.165, 1.54) is 10.9 Å². The lowest BCUT2D eigenvalue weighted by molar-refractivity contribution is 0.0667. The van der Waals surface area contributed by atoms with Gasteiger partial charge in [0.1, 0.15) is 5.69 Å². The molecule has 0 N–H and O–H groups in total. The molecule has 0 spiro atoms. The predicted molar refractivity (Wildman–Crippen MR) is 97.3 cm³/mol. The van der Waals surface area contributed by atoms with Crippen LogP contribution >= 0.6 is 0 Å². The van der Waals surface area contributed by atoms with Gasteiger partial charge in [0.15, 0.2) is 0 Å². The molecule has 2 aromatic heterocycles. The standard InChI is InChI=1S/C20H22N4O/c1-23-12-9-18(22-23)20(25)24-11-4-5-15(14-24)13-17-7-2-6-16-8-3-10-21-19(16)17/h2-3,6-10,12,15H,4-5,11,13-14H2,1H3. The van der Waals surface area contributed by atoms with Crippen LogP contribution in [0.15, 0.2) is 48.8 Å². The van der Waals surface area contributed by atoms with E-state index in [1.54, 1.807) is 10.7 Å². The maximum atomic E-state index is 12.7. The van der Waals surface area contributed by atoms with Gasteiger partial charge in [0.25, 0.3) is 5.91 Å². The Morgan fingerprint density at radius 2 is 2.12 bits per heavy atom. The molecule has 1 saturated heterocycles. The summed E-state index contributed by atoms with van der Waals surface area (Å²) in [6.45, 7) is 1.61. The molecule has 3 heterocycles. The molecule has 4 rings (SSSR count). The second kappa shape index (κ2) is 6.67. The van der Waals surface area contributed by atoms with E-state index in [-0.39, 0.29) is 5.91 Å². The number of benzene rings is 1. The molecule has 1 aromatic carbocycles. The average molecular weight is 334 g/mol. The van der Waals surface area contributed by atoms with Crippen LogP contribution in [0.5, 0.6) is 0 Å². The topological polar surface area (TPSA) is 51.0 Å². The van der Waals surface area contributed by atoms with Gasteiger partial charge in [-0.25, -0.2) is 0 Å². The second-order valence-corrected chi connectivity index (χ2v) is 6.83. The number of fused-ring (bicyclic) bond motifs is 1. The molecule has 128 valence electrons. The first-order valence-corrected chi connectivity index (χ1v) is 8.82. The zero-order valence-corrected chi connectivity index (χ0v) is 14.4. The molecule has 1 aliphatic rings. The molecule has 1 unspecified atom stereocenters. The number of para-hydroxylation sites is 1. The number of rotatable bonds is 3. The number of hydrogen-bond donors (Lipinski definition) is 0. The van der Waals surface area contributed by atoms with Crippen molar-refractivity contribution in [3.63, 3.8) is 0 Å². The van der Waals surface area contributed by atoms with Crippen LogP contribution in [0.25, 0.3) is 10.9 Å². The molecule has 1 amide bonds. The number of aryl methyl sites for hydroxylation is 1. The van der Waals surface area contributed by atoms with Crippen molar-refractivity contribution in [2.24, 2.45) is 13.0 Å². The fraction of sp³-hybridized carbons (Fsp3) is 0.350. The summed E-state index contributed by atoms with van der Waals surface area (Å²) >= 11 is 0. The highest BCUT2D eigenvalue weighted by Crippen LogP contribution is 2.25. The normalized spacial score (nSPS) is 17.8. The van der Waals surface area contributed by atoms with E-state index >= 15 is 0 Å². The van der Waals surface area contributed by atoms with Crippen molar-refractivity contribution in [3.05, 3.63) is 60.0 Å². The van der Waals surface area contributed by atoms with Gasteiger partial charge >= 0.3 is 0 Å². The smallest absolute Gasteiger partial charge is 0.274 e. The highest BCUT2D eigenvalue weighted by Gasteiger charge is 2.26. The van der Waals surface area contributed by atoms with Gasteiger partial charge in [-0.05, 0) is 42.9 Å². The van der Waals surface area contributed by atoms with E-state index in [0.29, 0.717) is 11.6 Å². The summed E-state index contributed by atoms with van der Waals surface area (Å²) in [5.41, 5.74) is 2.89. The summed E-state index contributed by atoms with van der Waals surface area (Å²) in [6.07, 6.45) is 6.82. The van der Waals surface area contributed by atoms with Crippen molar-refractivity contribution >= 4 is 16.8 Å². The summed E-state index contributed by atoms with van der Waals surface area (Å²) in [4.78, 5) is 19.2. The number of hydrogen-bond acceptors (Lipinski definition) is 3. The van der Waals surface area contributed by atoms with Crippen molar-refractivity contribution in [1.29, 1.82) is 0 Å². The number of piperidine rings is 1. The van der Waals surface area contributed by atoms with Gasteiger partial charge in [-0.2, -0.15) is 5.10 Å². The van der Waals surface area contributed by atoms with Gasteiger partial charge < -0.3 is 4.90 Å². The molecule has 0 saturated carbocycles. The van der Waals surface area contributed by atoms with Crippen LogP contribution in [0, 0.1) is 5.92 Å². The van der Waals surface area contributed by atoms with Crippen molar-refractivity contribution in [1.82, 2.24) is 19.7 Å². The third-order valence-electron chi connectivity index (χ3n) is 4.96. The van der Waals surface area contributed by atoms with Crippen molar-refractivity contribution in [2.45, 2.75) is 19.3 Å². The zero-order chi connectivity index (χ0) is 17.2. The SMILES string of the molecule is Cn1ccc(C(=O)N2CCCC(Cc3cccc4cccnc34)C2)n1. The summed E-state index contributed by atoms with van der Waals surface area (Å²) in [7, 11) is 1.84. The molecule has 1 aliphatic heterocycles. The minimum atomic E-state index is 0.0429. The number of pyridine rings is 1. The van der Waals surface area contributed by atoms with Crippen LogP contribution in [-0.2, 0) is 13.5 Å². The Bertz CT molecular complexity index is 896. The number of aromatic nitrogens is 3. The Balaban J connectivity index is 1.50. The van der Waals surface area contributed by atoms with E-state index in [0.717, 1.165) is 37.9 Å². The minimum Gasteiger partial charge on any atom is -0.337 e. The quantitative estimate of drug-likeness (QED) is 0.740. The van der Waals surface area contributed by atoms with Crippen LogP contribution in [0.1, 0.15) is 28.9 Å². The average Bonchev–Trinajstić information content (AvgIpc) is 3.08. The van der Waals surface area contributed by atoms with Crippen LogP contribution in [0.3, 0.4) is 0 Å². The molecule has 1 atom stereocenters. The number of nitrogens with zero attached hydrogens (tertiary/aromatic N) is 4. The monoisotopic (exact) mass is 334 g/mol. The molecule has 0 aliphatic carbocycles. The lowest BCUT2D eigenvalue weighted by Crippen LogP contribution is -2.40. The molecular formula is C20H22N4O. The lowest BCUT2D eigenvalue weighted by Gasteiger charge is -2.32. The largest absolute Gasteiger partial charge is 0.337 e. The third kappa shape index (κ3) is 3.27. The molecule has 1 fully saturated rings. The van der Waals surface area contributed by atoms with Crippen molar-refractivity contribution < 1.29 is 4.79 Å². The van der Waals surface area contributed by atoms with E-state index in [9.17, 15) is 4.79 Å². The van der Waals surface area contributed by atoms with E-state index < -0.39 is 0 Å². The van der Waals surface area contributed by atoms with Crippen LogP contribution in [-0.4, -0.2) is 38.7 Å². The Morgan fingerprint density at radius 3 is 2.96 bits per heavy atom. The number of carbonyl (C=O) groups excluding carboxylic acids is 1. The Kier molecular flexibility index (Phi) is 4.22. The fourth-order valence-electron chi connectivity index (χ4n) is 3.75. The molecule has 25 heavy (non-hydrogen) atoms. The second-order valence-electron chi connectivity index (χ2n) is 6.83. The van der Waals surface area contributed by atoms with Crippen LogP contribution in [0.4, 0.5) is 0 Å². The molecule has 0 radical (unpaired) electrons. The van der Waals surface area contributed by atoms with Gasteiger partial charge in [0.05, 0.1) is 5.52 Å². The molecule has 3 aromatic rings. The minimum absolute atomic E-state index is 0.0429. The first kappa shape index (κ1) is 15.8. The summed E-state index contributed by atoms with van der Waals surface area (Å²) in [6, 6.07) is 12.2. The fourth-order valence-corrected chi connectivity index (χ4v) is 3.75. The maximum Gasteiger partial charge on any atom is 0.274 e. The summed E-state index contributed by atoms with van der Waals surface area (Å²) in [5, 5.41) is 5.43. The lowest BCUT2D eigenvalue weighted by atomic mass is 9.90. The van der Waals surface area contributed by atoms with E-state index in [4.69, 9.17) is 0 Å². The highest BCUT2D eigenvalue weighted by molar-refractivity contribution is 5.92. The summed E-state index contributed by atoms with van der Waals surface area (Å²) < 4.78 is 1.68. The third-order valence-corrected chi connectivity index (χ3v) is 4.96. The highest BCUT2D eigenvalue weighted by atomic mass is 16.2. The van der Waals surface area contributed by atoms with Gasteiger partial charge in [0, 0.05) is 37.9 Å². The van der Waals surface area contributed by atoms with Gasteiger partial charge in [-0.3, -0.25) is 14.5 Å². The van der Waals surface area contributed by atoms with Crippen LogP contribution in [0.2, 0.25) is 0 Å². The number of carbonyl (C=O) groups is 1. The molecule has 5 nitrogen and oxygen atoms in total. The molecule has 0 bridgehead atoms. The van der Waals surface area contributed by atoms with Gasteiger partial charge in [-0.1, -0.05) is 24.3 Å². The Labute approximate surface area is 147 Å². The molecule has 5 heteroatoms. The van der Waals surface area contributed by atoms with Gasteiger partial charge in [0.2, 0.25) is 0 Å². The Morgan fingerprint density at radius 1 is 1.24 bits per heavy atom. The van der Waals surface area contributed by atoms with E-state index in [2.05, 4.69) is 34.3 Å². The van der Waals surface area contributed by atoms with Crippen LogP contribution < -0.4 is 0 Å². The van der Waals surface area contributed by atoms with E-state index in [1.807, 2.05) is 30.4 Å². The van der Waals surface area contributed by atoms with Gasteiger partial charge in [-0.15, -0.1) is 0 Å². The zero-order valence-electron chi connectivity index (χ0n) is 14.4. The molecular weight excluding hydrogens is 312 g/mol. The summed E-state index contributed by atoms with van der Waals surface area (Å²) in [5.74, 6) is 0.510. The number of amides is 1. The number of likely N-dealkylation sites (tertiary alicyclic amines) is 1. The first-order chi connectivity index (χ1) is 12.2. The predicted octanol–water partition coefficient (Wildman–Crippen LogP) is 3.06. The van der Waals surface area contributed by atoms with Crippen molar-refractivity contribution in [3.8, 4) is 0 Å². The van der Waals surface area contributed by atoms with Crippen molar-refractivity contribution in [2.75, 3.05) is 13.1 Å². The maximum absolute atomic E-state index is 12.7. The first-order valence-electron chi connectivity index (χ1n) is 8.82. The Hall–Kier alpha value is -2.69.